The van der Waals surface area contributed by atoms with Gasteiger partial charge in [0.25, 0.3) is 0 Å². The third kappa shape index (κ3) is 4.30. The van der Waals surface area contributed by atoms with Gasteiger partial charge in [-0.25, -0.2) is 4.98 Å². The summed E-state index contributed by atoms with van der Waals surface area (Å²) in [6.45, 7) is 0.540. The van der Waals surface area contributed by atoms with Crippen LogP contribution in [-0.2, 0) is 16.0 Å². The zero-order valence-electron chi connectivity index (χ0n) is 17.2. The molecule has 0 amide bonds. The summed E-state index contributed by atoms with van der Waals surface area (Å²) in [6.07, 6.45) is 1.45. The topological polar surface area (TPSA) is 35.2 Å². The Morgan fingerprint density at radius 2 is 1.30 bits per heavy atom. The Hall–Kier alpha value is -3.34. The van der Waals surface area contributed by atoms with Gasteiger partial charge in [-0.05, 0) is 35.4 Å². The maximum atomic E-state index is 5.54. The quantitative estimate of drug-likeness (QED) is 0.326. The largest absolute Gasteiger partial charge is 0.350 e. The van der Waals surface area contributed by atoms with E-state index >= 15 is 0 Å². The van der Waals surface area contributed by atoms with E-state index in [0.717, 1.165) is 33.8 Å². The highest BCUT2D eigenvalue weighted by Gasteiger charge is 2.26. The summed E-state index contributed by atoms with van der Waals surface area (Å²) in [7, 11) is 3.32. The second-order valence-corrected chi connectivity index (χ2v) is 6.97. The van der Waals surface area contributed by atoms with E-state index in [1.54, 1.807) is 14.2 Å². The van der Waals surface area contributed by atoms with Crippen LogP contribution in [0, 0.1) is 0 Å². The molecule has 0 spiro atoms. The number of hydrogen-bond donors (Lipinski definition) is 0. The first-order chi connectivity index (χ1) is 14.8. The number of hydrogen-bond acceptors (Lipinski definition) is 3. The van der Waals surface area contributed by atoms with E-state index in [4.69, 9.17) is 9.47 Å². The van der Waals surface area contributed by atoms with Crippen LogP contribution in [0.4, 0.5) is 0 Å². The van der Waals surface area contributed by atoms with Crippen molar-refractivity contribution in [1.82, 2.24) is 4.98 Å². The molecule has 0 aliphatic heterocycles. The second kappa shape index (κ2) is 9.44. The van der Waals surface area contributed by atoms with Gasteiger partial charge in [0, 0.05) is 38.1 Å². The van der Waals surface area contributed by atoms with Gasteiger partial charge in [0.2, 0.25) is 17.7 Å². The molecule has 0 aliphatic carbocycles. The summed E-state index contributed by atoms with van der Waals surface area (Å²) in [6, 6.07) is 31.2. The highest BCUT2D eigenvalue weighted by Crippen LogP contribution is 2.28. The van der Waals surface area contributed by atoms with Crippen LogP contribution in [0.15, 0.2) is 97.2 Å². The molecule has 0 unspecified atom stereocenters. The minimum Gasteiger partial charge on any atom is -0.350 e. The average molecular weight is 397 g/mol. The number of benzene rings is 2. The van der Waals surface area contributed by atoms with E-state index in [0.29, 0.717) is 6.54 Å². The number of pyridine rings is 2. The van der Waals surface area contributed by atoms with Crippen LogP contribution in [0.1, 0.15) is 0 Å². The monoisotopic (exact) mass is 397 g/mol. The Morgan fingerprint density at radius 1 is 0.700 bits per heavy atom. The van der Waals surface area contributed by atoms with Crippen LogP contribution in [0.3, 0.4) is 0 Å². The van der Waals surface area contributed by atoms with Crippen LogP contribution in [-0.4, -0.2) is 25.5 Å². The van der Waals surface area contributed by atoms with Gasteiger partial charge in [-0.1, -0.05) is 54.6 Å². The lowest BCUT2D eigenvalue weighted by molar-refractivity contribution is -0.690. The smallest absolute Gasteiger partial charge is 0.232 e. The molecule has 0 saturated carbocycles. The third-order valence-electron chi connectivity index (χ3n) is 5.13. The zero-order valence-corrected chi connectivity index (χ0v) is 17.2. The second-order valence-electron chi connectivity index (χ2n) is 6.97. The van der Waals surface area contributed by atoms with Crippen LogP contribution in [0.25, 0.3) is 33.8 Å². The number of aromatic nitrogens is 2. The van der Waals surface area contributed by atoms with Crippen molar-refractivity contribution in [2.24, 2.45) is 0 Å². The van der Waals surface area contributed by atoms with E-state index in [-0.39, 0.29) is 6.29 Å². The van der Waals surface area contributed by atoms with Gasteiger partial charge in [0.1, 0.15) is 5.69 Å². The summed E-state index contributed by atoms with van der Waals surface area (Å²) >= 11 is 0. The summed E-state index contributed by atoms with van der Waals surface area (Å²) in [5, 5.41) is 0. The van der Waals surface area contributed by atoms with E-state index in [1.165, 1.54) is 0 Å². The molecular formula is C26H25N2O2+. The van der Waals surface area contributed by atoms with Gasteiger partial charge in [0.05, 0.1) is 0 Å². The maximum absolute atomic E-state index is 5.54. The summed E-state index contributed by atoms with van der Waals surface area (Å²) in [5.74, 6) is 0. The number of nitrogens with zero attached hydrogens (tertiary/aromatic N) is 2. The predicted molar refractivity (Wildman–Crippen MR) is 119 cm³/mol. The van der Waals surface area contributed by atoms with Crippen molar-refractivity contribution in [3.05, 3.63) is 97.2 Å². The minimum atomic E-state index is -0.373. The Bertz CT molecular complexity index is 1020. The molecule has 0 bridgehead atoms. The molecule has 4 aromatic rings. The van der Waals surface area contributed by atoms with Crippen LogP contribution in [0.5, 0.6) is 0 Å². The first-order valence-electron chi connectivity index (χ1n) is 9.96. The average Bonchev–Trinajstić information content (AvgIpc) is 2.84. The molecule has 0 radical (unpaired) electrons. The lowest BCUT2D eigenvalue weighted by Gasteiger charge is -2.16. The molecule has 0 saturated heterocycles. The molecule has 2 aromatic heterocycles. The summed E-state index contributed by atoms with van der Waals surface area (Å²) < 4.78 is 13.3. The van der Waals surface area contributed by atoms with Gasteiger partial charge < -0.3 is 9.47 Å². The molecule has 0 atom stereocenters. The summed E-state index contributed by atoms with van der Waals surface area (Å²) in [4.78, 5) is 4.64. The van der Waals surface area contributed by atoms with Crippen LogP contribution < -0.4 is 4.57 Å². The molecule has 2 aromatic carbocycles. The Kier molecular flexibility index (Phi) is 6.28. The third-order valence-corrected chi connectivity index (χ3v) is 5.13. The SMILES string of the molecule is COC(C[n+]1c(-c2ccccc2)cc(-c2ccccc2)cc1-c1ccccn1)OC. The fraction of sp³-hybridized carbons (Fsp3) is 0.154. The molecule has 4 heteroatoms. The van der Waals surface area contributed by atoms with Crippen molar-refractivity contribution < 1.29 is 14.0 Å². The zero-order chi connectivity index (χ0) is 20.8. The van der Waals surface area contributed by atoms with Gasteiger partial charge in [-0.15, -0.1) is 0 Å². The van der Waals surface area contributed by atoms with Crippen LogP contribution in [0.2, 0.25) is 0 Å². The molecule has 0 aliphatic rings. The fourth-order valence-corrected chi connectivity index (χ4v) is 3.58. The van der Waals surface area contributed by atoms with E-state index in [1.807, 2.05) is 36.5 Å². The van der Waals surface area contributed by atoms with E-state index in [2.05, 4.69) is 70.2 Å². The molecule has 30 heavy (non-hydrogen) atoms. The Labute approximate surface area is 177 Å². The number of ether oxygens (including phenoxy) is 2. The fourth-order valence-electron chi connectivity index (χ4n) is 3.58. The van der Waals surface area contributed by atoms with Gasteiger partial charge in [0.15, 0.2) is 6.54 Å². The number of methoxy groups -OCH3 is 2. The summed E-state index contributed by atoms with van der Waals surface area (Å²) in [5.41, 5.74) is 6.41. The molecule has 2 heterocycles. The van der Waals surface area contributed by atoms with Crippen LogP contribution >= 0.6 is 0 Å². The number of rotatable bonds is 7. The molecule has 4 rings (SSSR count). The highest BCUT2D eigenvalue weighted by molar-refractivity contribution is 5.72. The predicted octanol–water partition coefficient (Wildman–Crippen LogP) is 4.99. The first kappa shape index (κ1) is 20.0. The normalized spacial score (nSPS) is 11.0. The maximum Gasteiger partial charge on any atom is 0.232 e. The van der Waals surface area contributed by atoms with Crippen molar-refractivity contribution >= 4 is 0 Å². The van der Waals surface area contributed by atoms with E-state index < -0.39 is 0 Å². The standard InChI is InChI=1S/C26H25N2O2/c1-29-26(30-2)19-28-24(21-13-7-4-8-14-21)17-22(20-11-5-3-6-12-20)18-25(28)23-15-9-10-16-27-23/h3-18,26H,19H2,1-2H3/q+1. The molecule has 0 fully saturated rings. The molecule has 0 N–H and O–H groups in total. The van der Waals surface area contributed by atoms with Gasteiger partial charge in [-0.2, -0.15) is 4.57 Å². The molecule has 4 nitrogen and oxygen atoms in total. The molecule has 150 valence electrons. The first-order valence-corrected chi connectivity index (χ1v) is 9.96. The van der Waals surface area contributed by atoms with E-state index in [9.17, 15) is 0 Å². The van der Waals surface area contributed by atoms with Crippen molar-refractivity contribution in [1.29, 1.82) is 0 Å². The lowest BCUT2D eigenvalue weighted by Crippen LogP contribution is -2.45. The lowest BCUT2D eigenvalue weighted by atomic mass is 10.0. The van der Waals surface area contributed by atoms with Crippen molar-refractivity contribution in [3.8, 4) is 33.8 Å². The highest BCUT2D eigenvalue weighted by atomic mass is 16.7. The molecular weight excluding hydrogens is 372 g/mol. The van der Waals surface area contributed by atoms with Crippen molar-refractivity contribution in [2.75, 3.05) is 14.2 Å². The van der Waals surface area contributed by atoms with Gasteiger partial charge in [-0.3, -0.25) is 0 Å². The minimum absolute atomic E-state index is 0.373. The Balaban J connectivity index is 2.00. The van der Waals surface area contributed by atoms with Crippen molar-refractivity contribution in [3.63, 3.8) is 0 Å². The van der Waals surface area contributed by atoms with Gasteiger partial charge >= 0.3 is 0 Å². The Morgan fingerprint density at radius 3 is 1.90 bits per heavy atom. The van der Waals surface area contributed by atoms with Crippen molar-refractivity contribution in [2.45, 2.75) is 12.8 Å².